The molecule has 0 atom stereocenters. The van der Waals surface area contributed by atoms with Crippen LogP contribution in [0.1, 0.15) is 30.9 Å². The van der Waals surface area contributed by atoms with Crippen LogP contribution in [-0.4, -0.2) is 40.5 Å². The van der Waals surface area contributed by atoms with E-state index in [1.807, 2.05) is 17.9 Å². The molecule has 0 aliphatic carbocycles. The Balaban J connectivity index is 2.43. The van der Waals surface area contributed by atoms with Gasteiger partial charge in [-0.1, -0.05) is 18.5 Å². The number of hydrogen-bond acceptors (Lipinski definition) is 5. The van der Waals surface area contributed by atoms with Crippen LogP contribution in [0.4, 0.5) is 11.5 Å². The average Bonchev–Trinajstić information content (AvgIpc) is 2.54. The summed E-state index contributed by atoms with van der Waals surface area (Å²) in [4.78, 5) is 9.66. The fraction of sp³-hybridized carbons (Fsp3) is 0.533. The summed E-state index contributed by atoms with van der Waals surface area (Å²) in [5.41, 5.74) is 0.134. The molecule has 1 fully saturated rings. The minimum absolute atomic E-state index is 0.102. The van der Waals surface area contributed by atoms with Gasteiger partial charge < -0.3 is 15.1 Å². The lowest BCUT2D eigenvalue weighted by Crippen LogP contribution is -2.47. The number of rotatable bonds is 3. The highest BCUT2D eigenvalue weighted by molar-refractivity contribution is 6.31. The second kappa shape index (κ2) is 6.50. The molecule has 22 heavy (non-hydrogen) atoms. The largest absolute Gasteiger partial charge is 0.393 e. The van der Waals surface area contributed by atoms with Crippen LogP contribution < -0.4 is 4.90 Å². The topological polar surface area (TPSA) is 84.7 Å². The molecule has 1 aliphatic heterocycles. The van der Waals surface area contributed by atoms with Gasteiger partial charge in [-0.15, -0.1) is 0 Å². The van der Waals surface area contributed by atoms with Gasteiger partial charge >= 0.3 is 0 Å². The van der Waals surface area contributed by atoms with Crippen LogP contribution in [0.2, 0.25) is 5.15 Å². The van der Waals surface area contributed by atoms with Crippen molar-refractivity contribution in [3.05, 3.63) is 27.7 Å². The molecule has 1 aliphatic rings. The first-order chi connectivity index (χ1) is 10.5. The molecule has 0 unspecified atom stereocenters. The zero-order valence-corrected chi connectivity index (χ0v) is 13.1. The Bertz CT molecular complexity index is 655. The number of pyridine rings is 1. The molecule has 0 aromatic carbocycles. The molecular formula is C15H17ClN4O2. The Morgan fingerprint density at radius 1 is 1.50 bits per heavy atom. The van der Waals surface area contributed by atoms with Gasteiger partial charge in [-0.05, 0) is 24.8 Å². The Morgan fingerprint density at radius 3 is 2.59 bits per heavy atom. The molecule has 0 spiro atoms. The SMILES string of the molecule is [C-]#[N+]c1c(N2CCC(O)(CO)CC2)nc(Cl)c(C#N)c1CC. The molecule has 116 valence electrons. The molecule has 2 heterocycles. The number of aliphatic hydroxyl groups is 2. The van der Waals surface area contributed by atoms with E-state index in [-0.39, 0.29) is 17.3 Å². The van der Waals surface area contributed by atoms with Crippen molar-refractivity contribution in [2.75, 3.05) is 24.6 Å². The lowest BCUT2D eigenvalue weighted by atomic mass is 9.92. The summed E-state index contributed by atoms with van der Waals surface area (Å²) >= 11 is 6.09. The monoisotopic (exact) mass is 320 g/mol. The van der Waals surface area contributed by atoms with E-state index >= 15 is 0 Å². The van der Waals surface area contributed by atoms with Crippen LogP contribution in [0, 0.1) is 17.9 Å². The third-order valence-corrected chi connectivity index (χ3v) is 4.35. The molecule has 6 nitrogen and oxygen atoms in total. The number of aromatic nitrogens is 1. The summed E-state index contributed by atoms with van der Waals surface area (Å²) in [6.45, 7) is 9.95. The van der Waals surface area contributed by atoms with Gasteiger partial charge in [0.15, 0.2) is 0 Å². The van der Waals surface area contributed by atoms with Crippen LogP contribution in [0.15, 0.2) is 0 Å². The molecule has 1 aromatic heterocycles. The van der Waals surface area contributed by atoms with Crippen LogP contribution in [0.5, 0.6) is 0 Å². The third kappa shape index (κ3) is 2.86. The summed E-state index contributed by atoms with van der Waals surface area (Å²) < 4.78 is 0. The van der Waals surface area contributed by atoms with E-state index in [1.165, 1.54) is 0 Å². The zero-order valence-electron chi connectivity index (χ0n) is 12.3. The Kier molecular flexibility index (Phi) is 4.87. The van der Waals surface area contributed by atoms with Crippen LogP contribution in [0.3, 0.4) is 0 Å². The van der Waals surface area contributed by atoms with Crippen molar-refractivity contribution >= 4 is 23.1 Å². The third-order valence-electron chi connectivity index (χ3n) is 4.07. The number of piperidine rings is 1. The lowest BCUT2D eigenvalue weighted by molar-refractivity contribution is -0.0326. The van der Waals surface area contributed by atoms with Crippen molar-refractivity contribution in [3.8, 4) is 6.07 Å². The van der Waals surface area contributed by atoms with Crippen molar-refractivity contribution in [2.45, 2.75) is 31.8 Å². The Hall–Kier alpha value is -1.86. The van der Waals surface area contributed by atoms with E-state index in [0.29, 0.717) is 49.4 Å². The predicted octanol–water partition coefficient (Wildman–Crippen LogP) is 2.04. The molecule has 0 bridgehead atoms. The first-order valence-electron chi connectivity index (χ1n) is 7.07. The molecule has 7 heteroatoms. The van der Waals surface area contributed by atoms with Crippen LogP contribution in [-0.2, 0) is 6.42 Å². The minimum atomic E-state index is -1.07. The molecule has 2 N–H and O–H groups in total. The van der Waals surface area contributed by atoms with Gasteiger partial charge in [-0.25, -0.2) is 9.83 Å². The molecular weight excluding hydrogens is 304 g/mol. The fourth-order valence-corrected chi connectivity index (χ4v) is 2.90. The van der Waals surface area contributed by atoms with Crippen molar-refractivity contribution in [2.24, 2.45) is 0 Å². The number of hydrogen-bond donors (Lipinski definition) is 2. The normalized spacial score (nSPS) is 16.9. The van der Waals surface area contributed by atoms with Gasteiger partial charge in [0.05, 0.1) is 24.3 Å². The minimum Gasteiger partial charge on any atom is -0.393 e. The van der Waals surface area contributed by atoms with E-state index in [0.717, 1.165) is 0 Å². The van der Waals surface area contributed by atoms with Gasteiger partial charge in [0.2, 0.25) is 5.69 Å². The maximum absolute atomic E-state index is 10.1. The number of nitriles is 1. The van der Waals surface area contributed by atoms with Gasteiger partial charge in [0, 0.05) is 13.1 Å². The Labute approximate surface area is 134 Å². The number of halogens is 1. The molecule has 1 aromatic rings. The molecule has 0 radical (unpaired) electrons. The summed E-state index contributed by atoms with van der Waals surface area (Å²) in [7, 11) is 0. The van der Waals surface area contributed by atoms with E-state index in [1.54, 1.807) is 0 Å². The number of nitrogens with zero attached hydrogens (tertiary/aromatic N) is 4. The van der Waals surface area contributed by atoms with E-state index < -0.39 is 5.60 Å². The standard InChI is InChI=1S/C15H17ClN4O2/c1-3-10-11(8-17)13(16)19-14(12(10)18-2)20-6-4-15(22,9-21)5-7-20/h21-22H,3-7,9H2,1H3. The van der Waals surface area contributed by atoms with Crippen molar-refractivity contribution in [1.82, 2.24) is 4.98 Å². The first-order valence-corrected chi connectivity index (χ1v) is 7.45. The van der Waals surface area contributed by atoms with Crippen molar-refractivity contribution in [1.29, 1.82) is 5.26 Å². The van der Waals surface area contributed by atoms with E-state index in [9.17, 15) is 15.5 Å². The number of anilines is 1. The average molecular weight is 321 g/mol. The molecule has 1 saturated heterocycles. The summed E-state index contributed by atoms with van der Waals surface area (Å²) in [5.74, 6) is 0.454. The van der Waals surface area contributed by atoms with Gasteiger partial charge in [0.25, 0.3) is 0 Å². The number of aliphatic hydroxyl groups excluding tert-OH is 1. The predicted molar refractivity (Wildman–Crippen MR) is 83.1 cm³/mol. The summed E-state index contributed by atoms with van der Waals surface area (Å²) in [6.07, 6.45) is 1.30. The van der Waals surface area contributed by atoms with Crippen LogP contribution >= 0.6 is 11.6 Å². The maximum Gasteiger partial charge on any atom is 0.232 e. The quantitative estimate of drug-likeness (QED) is 0.657. The van der Waals surface area contributed by atoms with E-state index in [2.05, 4.69) is 9.83 Å². The lowest BCUT2D eigenvalue weighted by Gasteiger charge is -2.38. The van der Waals surface area contributed by atoms with Gasteiger partial charge in [-0.3, -0.25) is 0 Å². The molecule has 2 rings (SSSR count). The molecule has 0 amide bonds. The van der Waals surface area contributed by atoms with Crippen LogP contribution in [0.25, 0.3) is 4.85 Å². The highest BCUT2D eigenvalue weighted by Crippen LogP contribution is 2.38. The highest BCUT2D eigenvalue weighted by Gasteiger charge is 2.33. The summed E-state index contributed by atoms with van der Waals surface area (Å²) in [5, 5.41) is 28.6. The maximum atomic E-state index is 10.1. The fourth-order valence-electron chi connectivity index (χ4n) is 2.67. The second-order valence-corrected chi connectivity index (χ2v) is 5.73. The molecule has 0 saturated carbocycles. The second-order valence-electron chi connectivity index (χ2n) is 5.38. The summed E-state index contributed by atoms with van der Waals surface area (Å²) in [6, 6.07) is 2.01. The van der Waals surface area contributed by atoms with Crippen molar-refractivity contribution in [3.63, 3.8) is 0 Å². The van der Waals surface area contributed by atoms with Crippen molar-refractivity contribution < 1.29 is 10.2 Å². The smallest absolute Gasteiger partial charge is 0.232 e. The first kappa shape index (κ1) is 16.5. The van der Waals surface area contributed by atoms with Gasteiger partial charge in [0.1, 0.15) is 17.0 Å². The Morgan fingerprint density at radius 2 is 2.14 bits per heavy atom. The highest BCUT2D eigenvalue weighted by atomic mass is 35.5. The van der Waals surface area contributed by atoms with Gasteiger partial charge in [-0.2, -0.15) is 5.26 Å². The van der Waals surface area contributed by atoms with E-state index in [4.69, 9.17) is 18.2 Å². The zero-order chi connectivity index (χ0) is 16.3.